The first-order valence-electron chi connectivity index (χ1n) is 8.25. The maximum Gasteiger partial charge on any atom is 0.208 e. The van der Waals surface area contributed by atoms with Crippen LogP contribution in [-0.2, 0) is 17.7 Å². The maximum absolute atomic E-state index is 6.00. The van der Waals surface area contributed by atoms with Crippen molar-refractivity contribution in [3.05, 3.63) is 41.7 Å². The molecule has 23 heavy (non-hydrogen) atoms. The number of hydrogen-bond donors (Lipinski definition) is 1. The lowest BCUT2D eigenvalue weighted by molar-refractivity contribution is 0.0700. The van der Waals surface area contributed by atoms with Gasteiger partial charge in [-0.15, -0.1) is 5.10 Å². The van der Waals surface area contributed by atoms with E-state index >= 15 is 0 Å². The highest BCUT2D eigenvalue weighted by molar-refractivity contribution is 7.99. The second-order valence-electron chi connectivity index (χ2n) is 5.80. The number of benzene rings is 1. The van der Waals surface area contributed by atoms with E-state index in [-0.39, 0.29) is 6.10 Å². The molecule has 1 fully saturated rings. The van der Waals surface area contributed by atoms with Crippen LogP contribution in [-0.4, -0.2) is 51.6 Å². The first-order valence-corrected chi connectivity index (χ1v) is 9.24. The van der Waals surface area contributed by atoms with Gasteiger partial charge >= 0.3 is 0 Å². The Labute approximate surface area is 141 Å². The molecule has 0 aliphatic carbocycles. The fourth-order valence-corrected chi connectivity index (χ4v) is 3.55. The van der Waals surface area contributed by atoms with Crippen LogP contribution in [0.3, 0.4) is 0 Å². The van der Waals surface area contributed by atoms with E-state index in [9.17, 15) is 0 Å². The smallest absolute Gasteiger partial charge is 0.208 e. The second-order valence-corrected chi connectivity index (χ2v) is 6.78. The summed E-state index contributed by atoms with van der Waals surface area (Å²) in [5, 5.41) is 8.03. The third kappa shape index (κ3) is 5.06. The molecule has 0 radical (unpaired) electrons. The number of aromatic nitrogens is 3. The maximum atomic E-state index is 6.00. The Kier molecular flexibility index (Phi) is 6.07. The van der Waals surface area contributed by atoms with Crippen LogP contribution in [0.5, 0.6) is 0 Å². The highest BCUT2D eigenvalue weighted by atomic mass is 32.2. The van der Waals surface area contributed by atoms with Crippen LogP contribution in [0.2, 0.25) is 0 Å². The van der Waals surface area contributed by atoms with Crippen LogP contribution in [0.1, 0.15) is 24.7 Å². The summed E-state index contributed by atoms with van der Waals surface area (Å²) >= 11 is 1.68. The van der Waals surface area contributed by atoms with E-state index in [2.05, 4.69) is 57.3 Å². The van der Waals surface area contributed by atoms with Gasteiger partial charge in [0.1, 0.15) is 5.82 Å². The zero-order chi connectivity index (χ0) is 15.9. The average Bonchev–Trinajstić information content (AvgIpc) is 2.94. The minimum atomic E-state index is 0.231. The standard InChI is InChI=1S/C17H24N4OS/c1-2-16-18-17(20-19-16)23-13-15-12-21(9-6-10-22-15)11-14-7-4-3-5-8-14/h3-5,7-8,15H,2,6,9-13H2,1H3,(H,18,19,20)/t15-/m0/s1. The van der Waals surface area contributed by atoms with Gasteiger partial charge in [-0.25, -0.2) is 4.98 Å². The van der Waals surface area contributed by atoms with Gasteiger partial charge < -0.3 is 4.74 Å². The normalized spacial score (nSPS) is 19.6. The third-order valence-corrected chi connectivity index (χ3v) is 4.91. The lowest BCUT2D eigenvalue weighted by Gasteiger charge is -2.23. The predicted octanol–water partition coefficient (Wildman–Crippen LogP) is 2.75. The number of nitrogens with one attached hydrogen (secondary N) is 1. The predicted molar refractivity (Wildman–Crippen MR) is 92.6 cm³/mol. The highest BCUT2D eigenvalue weighted by Gasteiger charge is 2.19. The lowest BCUT2D eigenvalue weighted by atomic mass is 10.2. The van der Waals surface area contributed by atoms with E-state index < -0.39 is 0 Å². The van der Waals surface area contributed by atoms with Crippen LogP contribution in [0.15, 0.2) is 35.5 Å². The molecule has 0 amide bonds. The number of rotatable bonds is 6. The fourth-order valence-electron chi connectivity index (χ4n) is 2.72. The largest absolute Gasteiger partial charge is 0.376 e. The lowest BCUT2D eigenvalue weighted by Crippen LogP contribution is -2.32. The molecule has 1 aromatic carbocycles. The molecule has 1 aliphatic heterocycles. The first-order chi connectivity index (χ1) is 11.3. The Hall–Kier alpha value is -1.37. The monoisotopic (exact) mass is 332 g/mol. The van der Waals surface area contributed by atoms with Crippen LogP contribution in [0.4, 0.5) is 0 Å². The molecule has 1 aromatic heterocycles. The molecular weight excluding hydrogens is 308 g/mol. The molecular formula is C17H24N4OS. The third-order valence-electron chi connectivity index (χ3n) is 3.93. The van der Waals surface area contributed by atoms with Gasteiger partial charge in [-0.1, -0.05) is 49.0 Å². The summed E-state index contributed by atoms with van der Waals surface area (Å²) in [5.41, 5.74) is 1.36. The van der Waals surface area contributed by atoms with Crippen molar-refractivity contribution in [2.45, 2.75) is 37.6 Å². The summed E-state index contributed by atoms with van der Waals surface area (Å²) in [4.78, 5) is 6.94. The minimum Gasteiger partial charge on any atom is -0.376 e. The van der Waals surface area contributed by atoms with E-state index in [0.29, 0.717) is 0 Å². The summed E-state index contributed by atoms with van der Waals surface area (Å²) in [6, 6.07) is 10.7. The Morgan fingerprint density at radius 1 is 1.35 bits per heavy atom. The highest BCUT2D eigenvalue weighted by Crippen LogP contribution is 2.18. The van der Waals surface area contributed by atoms with Crippen LogP contribution in [0.25, 0.3) is 0 Å². The van der Waals surface area contributed by atoms with E-state index in [1.54, 1.807) is 11.8 Å². The molecule has 6 heteroatoms. The summed E-state index contributed by atoms with van der Waals surface area (Å²) in [6.07, 6.45) is 2.21. The van der Waals surface area contributed by atoms with E-state index in [1.807, 2.05) is 0 Å². The van der Waals surface area contributed by atoms with Gasteiger partial charge in [0, 0.05) is 38.4 Å². The Balaban J connectivity index is 1.52. The molecule has 1 atom stereocenters. The molecule has 3 rings (SSSR count). The zero-order valence-corrected chi connectivity index (χ0v) is 14.4. The Morgan fingerprint density at radius 3 is 3.00 bits per heavy atom. The number of hydrogen-bond acceptors (Lipinski definition) is 5. The van der Waals surface area contributed by atoms with Crippen LogP contribution in [0, 0.1) is 0 Å². The Morgan fingerprint density at radius 2 is 2.22 bits per heavy atom. The molecule has 2 aromatic rings. The van der Waals surface area contributed by atoms with Crippen molar-refractivity contribution in [2.24, 2.45) is 0 Å². The molecule has 0 saturated carbocycles. The Bertz CT molecular complexity index is 589. The zero-order valence-electron chi connectivity index (χ0n) is 13.6. The van der Waals surface area contributed by atoms with Gasteiger partial charge in [0.2, 0.25) is 5.16 Å². The molecule has 0 spiro atoms. The summed E-state index contributed by atoms with van der Waals surface area (Å²) < 4.78 is 6.00. The topological polar surface area (TPSA) is 54.0 Å². The van der Waals surface area contributed by atoms with Crippen molar-refractivity contribution in [3.63, 3.8) is 0 Å². The molecule has 2 heterocycles. The van der Waals surface area contributed by atoms with Crippen molar-refractivity contribution in [1.82, 2.24) is 20.1 Å². The SMILES string of the molecule is CCc1nc(SC[C@@H]2CN(Cc3ccccc3)CCCO2)n[nH]1. The quantitative estimate of drug-likeness (QED) is 0.824. The van der Waals surface area contributed by atoms with Gasteiger partial charge in [0.25, 0.3) is 0 Å². The summed E-state index contributed by atoms with van der Waals surface area (Å²) in [6.45, 7) is 5.96. The molecule has 1 saturated heterocycles. The van der Waals surface area contributed by atoms with Crippen molar-refractivity contribution in [2.75, 3.05) is 25.4 Å². The minimum absolute atomic E-state index is 0.231. The number of thioether (sulfide) groups is 1. The number of aryl methyl sites for hydroxylation is 1. The molecule has 0 bridgehead atoms. The number of aromatic amines is 1. The first kappa shape index (κ1) is 16.5. The van der Waals surface area contributed by atoms with Crippen LogP contribution >= 0.6 is 11.8 Å². The van der Waals surface area contributed by atoms with Gasteiger partial charge in [0.05, 0.1) is 6.10 Å². The number of nitrogens with zero attached hydrogens (tertiary/aromatic N) is 3. The van der Waals surface area contributed by atoms with E-state index in [0.717, 1.165) is 55.8 Å². The van der Waals surface area contributed by atoms with Crippen LogP contribution < -0.4 is 0 Å². The molecule has 1 aliphatic rings. The molecule has 5 nitrogen and oxygen atoms in total. The van der Waals surface area contributed by atoms with E-state index in [1.165, 1.54) is 5.56 Å². The van der Waals surface area contributed by atoms with Crippen molar-refractivity contribution in [1.29, 1.82) is 0 Å². The summed E-state index contributed by atoms with van der Waals surface area (Å²) in [7, 11) is 0. The second kappa shape index (κ2) is 8.47. The molecule has 124 valence electrons. The summed E-state index contributed by atoms with van der Waals surface area (Å²) in [5.74, 6) is 1.84. The van der Waals surface area contributed by atoms with Gasteiger partial charge in [-0.2, -0.15) is 0 Å². The van der Waals surface area contributed by atoms with Crippen molar-refractivity contribution < 1.29 is 4.74 Å². The molecule has 0 unspecified atom stereocenters. The number of ether oxygens (including phenoxy) is 1. The van der Waals surface area contributed by atoms with E-state index in [4.69, 9.17) is 4.74 Å². The van der Waals surface area contributed by atoms with Gasteiger partial charge in [-0.05, 0) is 12.0 Å². The van der Waals surface area contributed by atoms with Gasteiger partial charge in [-0.3, -0.25) is 10.00 Å². The van der Waals surface area contributed by atoms with Crippen molar-refractivity contribution in [3.8, 4) is 0 Å². The molecule has 1 N–H and O–H groups in total. The van der Waals surface area contributed by atoms with Crippen molar-refractivity contribution >= 4 is 11.8 Å². The fraction of sp³-hybridized carbons (Fsp3) is 0.529. The van der Waals surface area contributed by atoms with Gasteiger partial charge in [0.15, 0.2) is 0 Å². The number of H-pyrrole nitrogens is 1. The average molecular weight is 332 g/mol.